The van der Waals surface area contributed by atoms with E-state index in [2.05, 4.69) is 35.3 Å². The van der Waals surface area contributed by atoms with Gasteiger partial charge in [0.05, 0.1) is 40.3 Å². The summed E-state index contributed by atoms with van der Waals surface area (Å²) in [5.41, 5.74) is 9.23. The van der Waals surface area contributed by atoms with Gasteiger partial charge in [-0.15, -0.1) is 11.3 Å². The van der Waals surface area contributed by atoms with Crippen molar-refractivity contribution in [3.05, 3.63) is 69.6 Å². The molecule has 0 saturated heterocycles. The molecule has 7 nitrogen and oxygen atoms in total. The number of Topliss-reactive ketones (excluding diaryl/α,β-unsaturated/α-hetero) is 1. The Bertz CT molecular complexity index is 1420. The number of thiazole rings is 1. The molecule has 3 heterocycles. The number of hydrogen-bond donors (Lipinski definition) is 0. The van der Waals surface area contributed by atoms with E-state index in [-0.39, 0.29) is 5.78 Å². The maximum absolute atomic E-state index is 11.8. The minimum Gasteiger partial charge on any atom is -0.399 e. The lowest BCUT2D eigenvalue weighted by atomic mass is 9.95. The molecule has 172 valence electrons. The molecule has 0 fully saturated rings. The number of aromatic nitrogens is 4. The second-order valence-corrected chi connectivity index (χ2v) is 9.58. The first-order valence-corrected chi connectivity index (χ1v) is 12.0. The fraction of sp³-hybridized carbons (Fsp3) is 0.269. The van der Waals surface area contributed by atoms with E-state index in [0.717, 1.165) is 67.9 Å². The van der Waals surface area contributed by atoms with Crippen LogP contribution in [0.15, 0.2) is 41.7 Å². The van der Waals surface area contributed by atoms with E-state index in [0.29, 0.717) is 6.42 Å². The quantitative estimate of drug-likeness (QED) is 0.296. The summed E-state index contributed by atoms with van der Waals surface area (Å²) in [6.45, 7) is 5.66. The zero-order chi connectivity index (χ0) is 23.8. The fourth-order valence-electron chi connectivity index (χ4n) is 4.33. The van der Waals surface area contributed by atoms with Gasteiger partial charge in [0.15, 0.2) is 0 Å². The summed E-state index contributed by atoms with van der Waals surface area (Å²) in [5, 5.41) is 9.85. The van der Waals surface area contributed by atoms with Crippen LogP contribution < -0.4 is 0 Å². The van der Waals surface area contributed by atoms with Crippen LogP contribution in [0, 0.1) is 13.8 Å². The molecular formula is C26H25N5O2S. The SMILES string of the molecule is CO/N=C\c1ccc(-n2nc(-c3ccc(C)nc3)c3c2-c2sc(CC(C)=O)nc2CC3)c(C)c1. The Balaban J connectivity index is 1.71. The molecule has 0 bridgehead atoms. The first kappa shape index (κ1) is 22.2. The maximum Gasteiger partial charge on any atom is 0.136 e. The van der Waals surface area contributed by atoms with Gasteiger partial charge in [0.25, 0.3) is 0 Å². The molecule has 1 aromatic carbocycles. The highest BCUT2D eigenvalue weighted by atomic mass is 32.1. The van der Waals surface area contributed by atoms with Gasteiger partial charge < -0.3 is 4.84 Å². The van der Waals surface area contributed by atoms with Gasteiger partial charge in [-0.3, -0.25) is 9.78 Å². The number of carbonyl (C=O) groups is 1. The monoisotopic (exact) mass is 471 g/mol. The Morgan fingerprint density at radius 3 is 2.79 bits per heavy atom. The minimum atomic E-state index is 0.121. The average molecular weight is 472 g/mol. The van der Waals surface area contributed by atoms with Gasteiger partial charge in [0.2, 0.25) is 0 Å². The van der Waals surface area contributed by atoms with Gasteiger partial charge in [-0.1, -0.05) is 11.2 Å². The van der Waals surface area contributed by atoms with Crippen molar-refractivity contribution < 1.29 is 9.63 Å². The van der Waals surface area contributed by atoms with Crippen molar-refractivity contribution in [1.82, 2.24) is 19.7 Å². The Morgan fingerprint density at radius 2 is 2.09 bits per heavy atom. The first-order chi connectivity index (χ1) is 16.4. The van der Waals surface area contributed by atoms with Crippen molar-refractivity contribution in [2.75, 3.05) is 7.11 Å². The molecule has 0 amide bonds. The van der Waals surface area contributed by atoms with Gasteiger partial charge >= 0.3 is 0 Å². The molecule has 5 rings (SSSR count). The number of benzene rings is 1. The number of hydrogen-bond acceptors (Lipinski definition) is 7. The van der Waals surface area contributed by atoms with E-state index in [1.807, 2.05) is 29.9 Å². The minimum absolute atomic E-state index is 0.121. The second kappa shape index (κ2) is 8.95. The molecule has 1 aliphatic rings. The number of nitrogens with zero attached hydrogens (tertiary/aromatic N) is 5. The van der Waals surface area contributed by atoms with Crippen LogP contribution >= 0.6 is 11.3 Å². The van der Waals surface area contributed by atoms with Crippen molar-refractivity contribution in [3.8, 4) is 27.5 Å². The largest absolute Gasteiger partial charge is 0.399 e. The third-order valence-electron chi connectivity index (χ3n) is 5.89. The molecule has 0 saturated carbocycles. The van der Waals surface area contributed by atoms with Crippen molar-refractivity contribution in [1.29, 1.82) is 0 Å². The Kier molecular flexibility index (Phi) is 5.83. The number of carbonyl (C=O) groups excluding carboxylic acids is 1. The van der Waals surface area contributed by atoms with Crippen LogP contribution in [-0.4, -0.2) is 38.9 Å². The molecule has 0 unspecified atom stereocenters. The van der Waals surface area contributed by atoms with Crippen molar-refractivity contribution in [2.45, 2.75) is 40.0 Å². The van der Waals surface area contributed by atoms with Gasteiger partial charge in [-0.2, -0.15) is 5.10 Å². The lowest BCUT2D eigenvalue weighted by Gasteiger charge is -2.15. The van der Waals surface area contributed by atoms with E-state index in [9.17, 15) is 4.79 Å². The maximum atomic E-state index is 11.8. The molecular weight excluding hydrogens is 446 g/mol. The number of pyridine rings is 1. The molecule has 0 aliphatic heterocycles. The summed E-state index contributed by atoms with van der Waals surface area (Å²) in [6, 6.07) is 10.2. The molecule has 1 aliphatic carbocycles. The number of aryl methyl sites for hydroxylation is 3. The van der Waals surface area contributed by atoms with Gasteiger partial charge in [0, 0.05) is 23.0 Å². The van der Waals surface area contributed by atoms with E-state index in [4.69, 9.17) is 14.9 Å². The molecule has 4 aromatic rings. The predicted octanol–water partition coefficient (Wildman–Crippen LogP) is 4.89. The molecule has 0 radical (unpaired) electrons. The third-order valence-corrected chi connectivity index (χ3v) is 7.00. The van der Waals surface area contributed by atoms with Crippen LogP contribution in [0.3, 0.4) is 0 Å². The Morgan fingerprint density at radius 1 is 1.24 bits per heavy atom. The third kappa shape index (κ3) is 4.05. The van der Waals surface area contributed by atoms with E-state index < -0.39 is 0 Å². The average Bonchev–Trinajstić information content (AvgIpc) is 3.38. The lowest BCUT2D eigenvalue weighted by Crippen LogP contribution is -2.07. The fourth-order valence-corrected chi connectivity index (χ4v) is 5.57. The summed E-state index contributed by atoms with van der Waals surface area (Å²) in [4.78, 5) is 27.0. The van der Waals surface area contributed by atoms with E-state index >= 15 is 0 Å². The summed E-state index contributed by atoms with van der Waals surface area (Å²) >= 11 is 1.60. The van der Waals surface area contributed by atoms with Crippen molar-refractivity contribution >= 4 is 23.3 Å². The van der Waals surface area contributed by atoms with E-state index in [1.54, 1.807) is 24.5 Å². The smallest absolute Gasteiger partial charge is 0.136 e. The molecule has 0 atom stereocenters. The number of rotatable bonds is 6. The topological polar surface area (TPSA) is 82.3 Å². The molecule has 3 aromatic heterocycles. The zero-order valence-corrected chi connectivity index (χ0v) is 20.4. The summed E-state index contributed by atoms with van der Waals surface area (Å²) in [7, 11) is 1.53. The van der Waals surface area contributed by atoms with E-state index in [1.165, 1.54) is 12.7 Å². The number of ketones is 1. The van der Waals surface area contributed by atoms with Gasteiger partial charge in [-0.25, -0.2) is 9.67 Å². The van der Waals surface area contributed by atoms with Crippen LogP contribution in [0.1, 0.15) is 40.0 Å². The normalized spacial score (nSPS) is 12.6. The highest BCUT2D eigenvalue weighted by molar-refractivity contribution is 7.15. The van der Waals surface area contributed by atoms with Gasteiger partial charge in [-0.05, 0) is 69.0 Å². The number of oxime groups is 1. The molecule has 0 spiro atoms. The number of fused-ring (bicyclic) bond motifs is 3. The Labute approximate surface area is 202 Å². The highest BCUT2D eigenvalue weighted by Gasteiger charge is 2.30. The first-order valence-electron chi connectivity index (χ1n) is 11.2. The highest BCUT2D eigenvalue weighted by Crippen LogP contribution is 2.43. The molecule has 0 N–H and O–H groups in total. The molecule has 34 heavy (non-hydrogen) atoms. The summed E-state index contributed by atoms with van der Waals surface area (Å²) in [5.74, 6) is 0.121. The van der Waals surface area contributed by atoms with Gasteiger partial charge in [0.1, 0.15) is 17.9 Å². The molecule has 8 heteroatoms. The predicted molar refractivity (Wildman–Crippen MR) is 134 cm³/mol. The van der Waals surface area contributed by atoms with Crippen LogP contribution in [0.4, 0.5) is 0 Å². The summed E-state index contributed by atoms with van der Waals surface area (Å²) in [6.07, 6.45) is 5.62. The van der Waals surface area contributed by atoms with Crippen molar-refractivity contribution in [3.63, 3.8) is 0 Å². The van der Waals surface area contributed by atoms with Crippen molar-refractivity contribution in [2.24, 2.45) is 5.16 Å². The standard InChI is InChI=1S/C26H25N5O2S/c1-15-11-18(13-28-33-4)6-10-22(15)31-25-20(24(30-31)19-7-5-16(2)27-14-19)8-9-21-26(25)34-23(29-21)12-17(3)32/h5-7,10-11,13-14H,8-9,12H2,1-4H3/b28-13-. The van der Waals surface area contributed by atoms with Crippen LogP contribution in [0.5, 0.6) is 0 Å². The summed E-state index contributed by atoms with van der Waals surface area (Å²) < 4.78 is 2.03. The van der Waals surface area contributed by atoms with Crippen LogP contribution in [-0.2, 0) is 28.9 Å². The second-order valence-electron chi connectivity index (χ2n) is 8.50. The Hall–Kier alpha value is -3.65. The zero-order valence-electron chi connectivity index (χ0n) is 19.6. The van der Waals surface area contributed by atoms with Crippen LogP contribution in [0.25, 0.3) is 27.5 Å². The lowest BCUT2D eigenvalue weighted by molar-refractivity contribution is -0.116. The van der Waals surface area contributed by atoms with Crippen LogP contribution in [0.2, 0.25) is 0 Å².